The SMILES string of the molecule is CC(C)N1CCC(NC2(C)CCS(=O)(=O)C2)C1. The second kappa shape index (κ2) is 4.52. The highest BCUT2D eigenvalue weighted by atomic mass is 32.2. The standard InChI is InChI=1S/C12H24N2O2S/c1-10(2)14-6-4-11(8-14)13-12(3)5-7-17(15,16)9-12/h10-11,13H,4-9H2,1-3H3. The molecule has 0 aliphatic carbocycles. The van der Waals surface area contributed by atoms with Crippen LogP contribution < -0.4 is 5.32 Å². The van der Waals surface area contributed by atoms with Gasteiger partial charge in [-0.25, -0.2) is 8.42 Å². The normalized spacial score (nSPS) is 38.0. The van der Waals surface area contributed by atoms with Crippen molar-refractivity contribution in [3.05, 3.63) is 0 Å². The van der Waals surface area contributed by atoms with Crippen LogP contribution in [0, 0.1) is 0 Å². The van der Waals surface area contributed by atoms with Crippen molar-refractivity contribution in [3.63, 3.8) is 0 Å². The van der Waals surface area contributed by atoms with E-state index in [2.05, 4.69) is 31.0 Å². The second-order valence-electron chi connectivity index (χ2n) is 6.12. The molecular formula is C12H24N2O2S. The first-order valence-electron chi connectivity index (χ1n) is 6.52. The number of rotatable bonds is 3. The molecule has 0 bridgehead atoms. The van der Waals surface area contributed by atoms with Crippen LogP contribution >= 0.6 is 0 Å². The van der Waals surface area contributed by atoms with Gasteiger partial charge in [-0.05, 0) is 40.2 Å². The van der Waals surface area contributed by atoms with Gasteiger partial charge in [0.25, 0.3) is 0 Å². The van der Waals surface area contributed by atoms with Gasteiger partial charge in [-0.15, -0.1) is 0 Å². The third-order valence-electron chi connectivity index (χ3n) is 4.01. The second-order valence-corrected chi connectivity index (χ2v) is 8.31. The quantitative estimate of drug-likeness (QED) is 0.809. The number of hydrogen-bond acceptors (Lipinski definition) is 4. The van der Waals surface area contributed by atoms with Gasteiger partial charge in [0.2, 0.25) is 0 Å². The van der Waals surface area contributed by atoms with E-state index in [0.29, 0.717) is 23.6 Å². The van der Waals surface area contributed by atoms with Crippen LogP contribution in [0.4, 0.5) is 0 Å². The highest BCUT2D eigenvalue weighted by Crippen LogP contribution is 2.25. The van der Waals surface area contributed by atoms with Gasteiger partial charge in [0.1, 0.15) is 0 Å². The Bertz CT molecular complexity index is 380. The van der Waals surface area contributed by atoms with E-state index in [1.165, 1.54) is 0 Å². The van der Waals surface area contributed by atoms with Gasteiger partial charge in [-0.2, -0.15) is 0 Å². The van der Waals surface area contributed by atoms with Gasteiger partial charge in [-0.1, -0.05) is 0 Å². The summed E-state index contributed by atoms with van der Waals surface area (Å²) >= 11 is 0. The van der Waals surface area contributed by atoms with Gasteiger partial charge in [0, 0.05) is 24.2 Å². The molecule has 0 aromatic heterocycles. The fourth-order valence-electron chi connectivity index (χ4n) is 2.99. The lowest BCUT2D eigenvalue weighted by molar-refractivity contribution is 0.257. The van der Waals surface area contributed by atoms with E-state index < -0.39 is 9.84 Å². The smallest absolute Gasteiger partial charge is 0.152 e. The molecule has 2 fully saturated rings. The van der Waals surface area contributed by atoms with Crippen LogP contribution in [0.3, 0.4) is 0 Å². The Kier molecular flexibility index (Phi) is 3.54. The summed E-state index contributed by atoms with van der Waals surface area (Å²) in [5, 5.41) is 3.57. The number of hydrogen-bond donors (Lipinski definition) is 1. The zero-order chi connectivity index (χ0) is 12.7. The van der Waals surface area contributed by atoms with Crippen LogP contribution in [-0.4, -0.2) is 55.5 Å². The number of sulfone groups is 1. The molecule has 2 unspecified atom stereocenters. The van der Waals surface area contributed by atoms with Crippen molar-refractivity contribution in [2.45, 2.75) is 51.2 Å². The predicted molar refractivity (Wildman–Crippen MR) is 69.9 cm³/mol. The Balaban J connectivity index is 1.91. The van der Waals surface area contributed by atoms with Crippen LogP contribution in [0.5, 0.6) is 0 Å². The fourth-order valence-corrected chi connectivity index (χ4v) is 5.10. The molecular weight excluding hydrogens is 236 g/mol. The minimum Gasteiger partial charge on any atom is -0.306 e. The van der Waals surface area contributed by atoms with E-state index >= 15 is 0 Å². The zero-order valence-electron chi connectivity index (χ0n) is 11.1. The minimum absolute atomic E-state index is 0.198. The lowest BCUT2D eigenvalue weighted by atomic mass is 10.0. The number of likely N-dealkylation sites (tertiary alicyclic amines) is 1. The molecule has 2 rings (SSSR count). The van der Waals surface area contributed by atoms with Crippen molar-refractivity contribution >= 4 is 9.84 Å². The predicted octanol–water partition coefficient (Wildman–Crippen LogP) is 0.636. The Labute approximate surface area is 105 Å². The Morgan fingerprint density at radius 1 is 1.41 bits per heavy atom. The number of nitrogens with zero attached hydrogens (tertiary/aromatic N) is 1. The number of nitrogens with one attached hydrogen (secondary N) is 1. The molecule has 0 saturated carbocycles. The van der Waals surface area contributed by atoms with Crippen molar-refractivity contribution < 1.29 is 8.42 Å². The lowest BCUT2D eigenvalue weighted by Crippen LogP contribution is -2.50. The first kappa shape index (κ1) is 13.3. The molecule has 2 heterocycles. The van der Waals surface area contributed by atoms with Crippen molar-refractivity contribution in [1.82, 2.24) is 10.2 Å². The Morgan fingerprint density at radius 3 is 2.59 bits per heavy atom. The summed E-state index contributed by atoms with van der Waals surface area (Å²) in [6.45, 7) is 8.65. The first-order valence-corrected chi connectivity index (χ1v) is 8.34. The van der Waals surface area contributed by atoms with Gasteiger partial charge >= 0.3 is 0 Å². The average molecular weight is 260 g/mol. The van der Waals surface area contributed by atoms with E-state index in [0.717, 1.165) is 25.9 Å². The third kappa shape index (κ3) is 3.20. The molecule has 2 aliphatic heterocycles. The van der Waals surface area contributed by atoms with Gasteiger partial charge in [0.05, 0.1) is 11.5 Å². The van der Waals surface area contributed by atoms with Gasteiger partial charge in [-0.3, -0.25) is 4.90 Å². The summed E-state index contributed by atoms with van der Waals surface area (Å²) in [5.41, 5.74) is -0.198. The van der Waals surface area contributed by atoms with E-state index in [1.807, 2.05) is 0 Å². The van der Waals surface area contributed by atoms with E-state index in [1.54, 1.807) is 0 Å². The van der Waals surface area contributed by atoms with Crippen molar-refractivity contribution in [1.29, 1.82) is 0 Å². The van der Waals surface area contributed by atoms with Crippen LogP contribution in [0.15, 0.2) is 0 Å². The molecule has 0 aromatic rings. The summed E-state index contributed by atoms with van der Waals surface area (Å²) in [4.78, 5) is 2.45. The molecule has 100 valence electrons. The summed E-state index contributed by atoms with van der Waals surface area (Å²) in [6, 6.07) is 1.04. The maximum atomic E-state index is 11.5. The van der Waals surface area contributed by atoms with E-state index in [4.69, 9.17) is 0 Å². The first-order chi connectivity index (χ1) is 7.80. The Hall–Kier alpha value is -0.130. The molecule has 1 N–H and O–H groups in total. The largest absolute Gasteiger partial charge is 0.306 e. The Morgan fingerprint density at radius 2 is 2.12 bits per heavy atom. The molecule has 17 heavy (non-hydrogen) atoms. The molecule has 0 radical (unpaired) electrons. The van der Waals surface area contributed by atoms with Gasteiger partial charge < -0.3 is 5.32 Å². The molecule has 2 saturated heterocycles. The van der Waals surface area contributed by atoms with Crippen LogP contribution in [-0.2, 0) is 9.84 Å². The van der Waals surface area contributed by atoms with Crippen molar-refractivity contribution in [2.24, 2.45) is 0 Å². The highest BCUT2D eigenvalue weighted by molar-refractivity contribution is 7.91. The van der Waals surface area contributed by atoms with Crippen molar-refractivity contribution in [2.75, 3.05) is 24.6 Å². The van der Waals surface area contributed by atoms with Crippen molar-refractivity contribution in [3.8, 4) is 0 Å². The minimum atomic E-state index is -2.80. The van der Waals surface area contributed by atoms with Crippen LogP contribution in [0.1, 0.15) is 33.6 Å². The molecule has 0 amide bonds. The molecule has 0 spiro atoms. The molecule has 2 atom stereocenters. The molecule has 4 nitrogen and oxygen atoms in total. The fraction of sp³-hybridized carbons (Fsp3) is 1.00. The summed E-state index contributed by atoms with van der Waals surface area (Å²) in [5.74, 6) is 0.648. The van der Waals surface area contributed by atoms with E-state index in [9.17, 15) is 8.42 Å². The summed E-state index contributed by atoms with van der Waals surface area (Å²) < 4.78 is 23.1. The molecule has 2 aliphatic rings. The average Bonchev–Trinajstić information content (AvgIpc) is 2.72. The maximum absolute atomic E-state index is 11.5. The van der Waals surface area contributed by atoms with Crippen LogP contribution in [0.25, 0.3) is 0 Å². The zero-order valence-corrected chi connectivity index (χ0v) is 11.9. The highest BCUT2D eigenvalue weighted by Gasteiger charge is 2.40. The summed E-state index contributed by atoms with van der Waals surface area (Å²) in [6.07, 6.45) is 1.89. The van der Waals surface area contributed by atoms with Crippen LogP contribution in [0.2, 0.25) is 0 Å². The molecule has 5 heteroatoms. The summed E-state index contributed by atoms with van der Waals surface area (Å²) in [7, 11) is -2.80. The third-order valence-corrected chi connectivity index (χ3v) is 5.91. The topological polar surface area (TPSA) is 49.4 Å². The monoisotopic (exact) mass is 260 g/mol. The van der Waals surface area contributed by atoms with E-state index in [-0.39, 0.29) is 5.54 Å². The maximum Gasteiger partial charge on any atom is 0.152 e. The molecule has 0 aromatic carbocycles. The van der Waals surface area contributed by atoms with Gasteiger partial charge in [0.15, 0.2) is 9.84 Å². The lowest BCUT2D eigenvalue weighted by Gasteiger charge is -2.29.